The fourth-order valence-corrected chi connectivity index (χ4v) is 2.47. The van der Waals surface area contributed by atoms with E-state index in [1.54, 1.807) is 14.2 Å². The summed E-state index contributed by atoms with van der Waals surface area (Å²) in [7, 11) is 5.19. The van der Waals surface area contributed by atoms with Gasteiger partial charge in [-0.1, -0.05) is 31.9 Å². The summed E-state index contributed by atoms with van der Waals surface area (Å²) in [6, 6.07) is 4.11. The van der Waals surface area contributed by atoms with Crippen molar-refractivity contribution in [1.82, 2.24) is 5.32 Å². The molecular weight excluding hydrogens is 250 g/mol. The van der Waals surface area contributed by atoms with Crippen molar-refractivity contribution >= 4 is 11.6 Å². The van der Waals surface area contributed by atoms with E-state index >= 15 is 0 Å². The van der Waals surface area contributed by atoms with E-state index in [1.807, 2.05) is 19.2 Å². The van der Waals surface area contributed by atoms with Crippen LogP contribution in [0.25, 0.3) is 0 Å². The van der Waals surface area contributed by atoms with Crippen LogP contribution in [-0.4, -0.2) is 21.3 Å². The zero-order chi connectivity index (χ0) is 13.7. The Balaban J connectivity index is 3.26. The van der Waals surface area contributed by atoms with E-state index in [2.05, 4.69) is 19.2 Å². The van der Waals surface area contributed by atoms with E-state index in [-0.39, 0.29) is 6.04 Å². The molecule has 0 spiro atoms. The van der Waals surface area contributed by atoms with E-state index in [9.17, 15) is 0 Å². The Hall–Kier alpha value is -0.930. The lowest BCUT2D eigenvalue weighted by Gasteiger charge is -2.25. The maximum atomic E-state index is 6.29. The van der Waals surface area contributed by atoms with Gasteiger partial charge in [-0.3, -0.25) is 0 Å². The van der Waals surface area contributed by atoms with Gasteiger partial charge in [0.25, 0.3) is 0 Å². The van der Waals surface area contributed by atoms with Gasteiger partial charge in [-0.2, -0.15) is 0 Å². The molecule has 0 aliphatic carbocycles. The predicted octanol–water partition coefficient (Wildman–Crippen LogP) is 3.66. The molecule has 1 N–H and O–H groups in total. The van der Waals surface area contributed by atoms with E-state index < -0.39 is 0 Å². The Labute approximate surface area is 114 Å². The highest BCUT2D eigenvalue weighted by atomic mass is 35.5. The minimum absolute atomic E-state index is 0.216. The number of rotatable bonds is 6. The molecule has 102 valence electrons. The zero-order valence-electron chi connectivity index (χ0n) is 11.7. The first kappa shape index (κ1) is 15.1. The average molecular weight is 272 g/mol. The van der Waals surface area contributed by atoms with Crippen molar-refractivity contribution in [3.8, 4) is 11.5 Å². The Morgan fingerprint density at radius 2 is 1.94 bits per heavy atom. The number of hydrogen-bond acceptors (Lipinski definition) is 3. The molecule has 0 radical (unpaired) electrons. The molecule has 0 saturated carbocycles. The van der Waals surface area contributed by atoms with Crippen LogP contribution < -0.4 is 14.8 Å². The molecule has 0 amide bonds. The normalized spacial score (nSPS) is 14.1. The number of ether oxygens (including phenoxy) is 2. The Kier molecular flexibility index (Phi) is 5.76. The lowest BCUT2D eigenvalue weighted by Crippen LogP contribution is -2.23. The molecule has 18 heavy (non-hydrogen) atoms. The van der Waals surface area contributed by atoms with E-state index in [1.165, 1.54) is 0 Å². The second-order valence-corrected chi connectivity index (χ2v) is 4.73. The van der Waals surface area contributed by atoms with Crippen LogP contribution in [0, 0.1) is 5.92 Å². The smallest absolute Gasteiger partial charge is 0.146 e. The minimum Gasteiger partial charge on any atom is -0.495 e. The lowest BCUT2D eigenvalue weighted by atomic mass is 9.92. The lowest BCUT2D eigenvalue weighted by molar-refractivity contribution is 0.359. The number of benzene rings is 1. The number of hydrogen-bond donors (Lipinski definition) is 1. The molecular formula is C14H22ClNO2. The van der Waals surface area contributed by atoms with Crippen LogP contribution in [0.5, 0.6) is 11.5 Å². The largest absolute Gasteiger partial charge is 0.495 e. The topological polar surface area (TPSA) is 30.5 Å². The molecule has 0 aromatic heterocycles. The number of nitrogens with one attached hydrogen (secondary N) is 1. The molecule has 1 aromatic carbocycles. The molecule has 0 heterocycles. The molecule has 3 nitrogen and oxygen atoms in total. The maximum Gasteiger partial charge on any atom is 0.146 e. The highest BCUT2D eigenvalue weighted by Crippen LogP contribution is 2.41. The van der Waals surface area contributed by atoms with Gasteiger partial charge in [0.1, 0.15) is 16.5 Å². The van der Waals surface area contributed by atoms with E-state index in [4.69, 9.17) is 21.1 Å². The van der Waals surface area contributed by atoms with Crippen molar-refractivity contribution < 1.29 is 9.47 Å². The second kappa shape index (κ2) is 6.86. The molecule has 1 aromatic rings. The van der Waals surface area contributed by atoms with Gasteiger partial charge >= 0.3 is 0 Å². The summed E-state index contributed by atoms with van der Waals surface area (Å²) in [6.07, 6.45) is 1.08. The molecule has 4 heteroatoms. The Morgan fingerprint density at radius 1 is 1.28 bits per heavy atom. The fourth-order valence-electron chi connectivity index (χ4n) is 2.15. The van der Waals surface area contributed by atoms with Gasteiger partial charge in [-0.15, -0.1) is 0 Å². The summed E-state index contributed by atoms with van der Waals surface area (Å²) >= 11 is 6.29. The summed E-state index contributed by atoms with van der Waals surface area (Å²) in [5, 5.41) is 3.86. The molecule has 0 bridgehead atoms. The third kappa shape index (κ3) is 2.90. The summed E-state index contributed by atoms with van der Waals surface area (Å²) < 4.78 is 10.7. The van der Waals surface area contributed by atoms with Crippen LogP contribution in [0.3, 0.4) is 0 Å². The minimum atomic E-state index is 0.216. The van der Waals surface area contributed by atoms with Crippen molar-refractivity contribution in [1.29, 1.82) is 0 Å². The first-order valence-corrected chi connectivity index (χ1v) is 6.56. The van der Waals surface area contributed by atoms with E-state index in [0.717, 1.165) is 12.0 Å². The number of halogens is 1. The third-order valence-electron chi connectivity index (χ3n) is 3.38. The highest BCUT2D eigenvalue weighted by Gasteiger charge is 2.23. The molecule has 0 aliphatic rings. The van der Waals surface area contributed by atoms with Gasteiger partial charge in [0.2, 0.25) is 0 Å². The van der Waals surface area contributed by atoms with Crippen LogP contribution in [-0.2, 0) is 0 Å². The zero-order valence-corrected chi connectivity index (χ0v) is 12.5. The molecule has 0 aliphatic heterocycles. The SMILES string of the molecule is CCC(C)C(NC)c1ccc(OC)c(Cl)c1OC. The first-order valence-electron chi connectivity index (χ1n) is 6.18. The predicted molar refractivity (Wildman–Crippen MR) is 75.8 cm³/mol. The molecule has 0 fully saturated rings. The van der Waals surface area contributed by atoms with Crippen LogP contribution in [0.1, 0.15) is 31.9 Å². The van der Waals surface area contributed by atoms with Gasteiger partial charge in [0, 0.05) is 11.6 Å². The quantitative estimate of drug-likeness (QED) is 0.856. The molecule has 1 rings (SSSR count). The third-order valence-corrected chi connectivity index (χ3v) is 3.73. The van der Waals surface area contributed by atoms with Crippen LogP contribution in [0.15, 0.2) is 12.1 Å². The van der Waals surface area contributed by atoms with Gasteiger partial charge in [0.15, 0.2) is 0 Å². The molecule has 2 unspecified atom stereocenters. The standard InChI is InChI=1S/C14H22ClNO2/c1-6-9(2)13(16-3)10-7-8-11(17-4)12(15)14(10)18-5/h7-9,13,16H,6H2,1-5H3. The second-order valence-electron chi connectivity index (χ2n) is 4.36. The summed E-state index contributed by atoms with van der Waals surface area (Å²) in [5.41, 5.74) is 1.07. The summed E-state index contributed by atoms with van der Waals surface area (Å²) in [6.45, 7) is 4.38. The summed E-state index contributed by atoms with van der Waals surface area (Å²) in [4.78, 5) is 0. The fraction of sp³-hybridized carbons (Fsp3) is 0.571. The Morgan fingerprint density at radius 3 is 2.39 bits per heavy atom. The van der Waals surface area contributed by atoms with Gasteiger partial charge in [-0.05, 0) is 25.1 Å². The van der Waals surface area contributed by atoms with Crippen molar-refractivity contribution in [3.05, 3.63) is 22.7 Å². The van der Waals surface area contributed by atoms with Crippen LogP contribution >= 0.6 is 11.6 Å². The van der Waals surface area contributed by atoms with Crippen LogP contribution in [0.4, 0.5) is 0 Å². The summed E-state index contributed by atoms with van der Waals surface area (Å²) in [5.74, 6) is 1.82. The highest BCUT2D eigenvalue weighted by molar-refractivity contribution is 6.33. The monoisotopic (exact) mass is 271 g/mol. The first-order chi connectivity index (χ1) is 8.60. The molecule has 2 atom stereocenters. The molecule has 0 saturated heterocycles. The van der Waals surface area contributed by atoms with Crippen molar-refractivity contribution in [2.75, 3.05) is 21.3 Å². The van der Waals surface area contributed by atoms with Crippen molar-refractivity contribution in [3.63, 3.8) is 0 Å². The number of methoxy groups -OCH3 is 2. The Bertz CT molecular complexity index is 396. The van der Waals surface area contributed by atoms with Gasteiger partial charge in [-0.25, -0.2) is 0 Å². The van der Waals surface area contributed by atoms with Crippen LogP contribution in [0.2, 0.25) is 5.02 Å². The average Bonchev–Trinajstić information content (AvgIpc) is 2.39. The van der Waals surface area contributed by atoms with Crippen molar-refractivity contribution in [2.45, 2.75) is 26.3 Å². The maximum absolute atomic E-state index is 6.29. The van der Waals surface area contributed by atoms with Gasteiger partial charge in [0.05, 0.1) is 14.2 Å². The van der Waals surface area contributed by atoms with E-state index in [0.29, 0.717) is 22.4 Å². The van der Waals surface area contributed by atoms with Gasteiger partial charge < -0.3 is 14.8 Å². The van der Waals surface area contributed by atoms with Crippen molar-refractivity contribution in [2.24, 2.45) is 5.92 Å².